The molecule has 8 nitrogen and oxygen atoms in total. The number of carbonyl (C=O) groups excluding carboxylic acids is 2. The quantitative estimate of drug-likeness (QED) is 0.824. The Kier molecular flexibility index (Phi) is 5.27. The highest BCUT2D eigenvalue weighted by Crippen LogP contribution is 2.17. The minimum Gasteiger partial charge on any atom is -0.485 e. The number of nitrogens with one attached hydrogen (secondary N) is 1. The molecule has 2 amide bonds. The number of nitrogens with zero attached hydrogens (tertiary/aromatic N) is 3. The van der Waals surface area contributed by atoms with Gasteiger partial charge in [0.1, 0.15) is 5.75 Å². The average molecular weight is 344 g/mol. The normalized spacial score (nSPS) is 14.0. The number of aryl methyl sites for hydroxylation is 1. The van der Waals surface area contributed by atoms with Crippen molar-refractivity contribution >= 4 is 17.5 Å². The second kappa shape index (κ2) is 7.78. The Labute approximate surface area is 145 Å². The maximum Gasteiger partial charge on any atom is 0.226 e. The molecule has 1 aromatic heterocycles. The van der Waals surface area contributed by atoms with Gasteiger partial charge >= 0.3 is 0 Å². The first-order valence-electron chi connectivity index (χ1n) is 8.20. The summed E-state index contributed by atoms with van der Waals surface area (Å²) in [6.45, 7) is 3.15. The van der Waals surface area contributed by atoms with E-state index in [0.29, 0.717) is 42.5 Å². The first-order chi connectivity index (χ1) is 12.1. The van der Waals surface area contributed by atoms with Gasteiger partial charge in [0.25, 0.3) is 0 Å². The van der Waals surface area contributed by atoms with Crippen LogP contribution in [0.2, 0.25) is 0 Å². The van der Waals surface area contributed by atoms with Gasteiger partial charge in [-0.15, -0.1) is 0 Å². The number of likely N-dealkylation sites (tertiary alicyclic amines) is 1. The maximum atomic E-state index is 12.0. The highest BCUT2D eigenvalue weighted by atomic mass is 16.5. The van der Waals surface area contributed by atoms with E-state index in [-0.39, 0.29) is 18.4 Å². The molecule has 0 atom stereocenters. The Balaban J connectivity index is 1.43. The van der Waals surface area contributed by atoms with Gasteiger partial charge in [0.2, 0.25) is 23.5 Å². The number of anilines is 1. The van der Waals surface area contributed by atoms with Crippen molar-refractivity contribution in [2.45, 2.75) is 32.8 Å². The Hall–Kier alpha value is -2.90. The molecule has 3 rings (SSSR count). The highest BCUT2D eigenvalue weighted by molar-refractivity contribution is 5.91. The molecule has 0 radical (unpaired) electrons. The number of benzene rings is 1. The Morgan fingerprint density at radius 3 is 2.80 bits per heavy atom. The van der Waals surface area contributed by atoms with Crippen LogP contribution < -0.4 is 10.1 Å². The third kappa shape index (κ3) is 4.79. The van der Waals surface area contributed by atoms with E-state index in [1.165, 1.54) is 0 Å². The van der Waals surface area contributed by atoms with Crippen LogP contribution >= 0.6 is 0 Å². The monoisotopic (exact) mass is 344 g/mol. The molecule has 0 saturated carbocycles. The SMILES string of the molecule is Cc1nc(COc2ccc(NC(=O)CCN3CCCC3=O)cc2)no1. The van der Waals surface area contributed by atoms with E-state index in [9.17, 15) is 9.59 Å². The van der Waals surface area contributed by atoms with Crippen molar-refractivity contribution in [2.24, 2.45) is 0 Å². The van der Waals surface area contributed by atoms with E-state index < -0.39 is 0 Å². The number of hydrogen-bond donors (Lipinski definition) is 1. The van der Waals surface area contributed by atoms with Gasteiger partial charge in [0.15, 0.2) is 6.61 Å². The summed E-state index contributed by atoms with van der Waals surface area (Å²) in [5.41, 5.74) is 0.681. The number of rotatable bonds is 7. The summed E-state index contributed by atoms with van der Waals surface area (Å²) in [6, 6.07) is 7.03. The van der Waals surface area contributed by atoms with Crippen LogP contribution in [0.4, 0.5) is 5.69 Å². The molecule has 2 aromatic rings. The van der Waals surface area contributed by atoms with E-state index in [0.717, 1.165) is 13.0 Å². The molecule has 1 aliphatic heterocycles. The average Bonchev–Trinajstić information content (AvgIpc) is 3.20. The summed E-state index contributed by atoms with van der Waals surface area (Å²) >= 11 is 0. The van der Waals surface area contributed by atoms with Gasteiger partial charge < -0.3 is 19.5 Å². The van der Waals surface area contributed by atoms with Crippen molar-refractivity contribution in [3.05, 3.63) is 36.0 Å². The first-order valence-corrected chi connectivity index (χ1v) is 8.20. The summed E-state index contributed by atoms with van der Waals surface area (Å²) in [7, 11) is 0. The third-order valence-corrected chi connectivity index (χ3v) is 3.86. The fraction of sp³-hybridized carbons (Fsp3) is 0.412. The molecular weight excluding hydrogens is 324 g/mol. The number of carbonyl (C=O) groups is 2. The molecule has 1 aromatic carbocycles. The van der Waals surface area contributed by atoms with E-state index in [1.807, 2.05) is 0 Å². The second-order valence-corrected chi connectivity index (χ2v) is 5.83. The Morgan fingerprint density at radius 1 is 1.36 bits per heavy atom. The molecule has 25 heavy (non-hydrogen) atoms. The van der Waals surface area contributed by atoms with Crippen LogP contribution in [0.1, 0.15) is 31.0 Å². The second-order valence-electron chi connectivity index (χ2n) is 5.83. The van der Waals surface area contributed by atoms with Crippen LogP contribution in [0.5, 0.6) is 5.75 Å². The zero-order valence-electron chi connectivity index (χ0n) is 14.0. The van der Waals surface area contributed by atoms with E-state index in [4.69, 9.17) is 9.26 Å². The van der Waals surface area contributed by atoms with Crippen LogP contribution in [-0.4, -0.2) is 39.9 Å². The van der Waals surface area contributed by atoms with Crippen LogP contribution in [0.15, 0.2) is 28.8 Å². The summed E-state index contributed by atoms with van der Waals surface area (Å²) in [5, 5.41) is 6.56. The Morgan fingerprint density at radius 2 is 2.16 bits per heavy atom. The molecule has 1 N–H and O–H groups in total. The molecule has 1 aliphatic rings. The molecule has 0 spiro atoms. The lowest BCUT2D eigenvalue weighted by Crippen LogP contribution is -2.28. The van der Waals surface area contributed by atoms with Crippen molar-refractivity contribution in [1.82, 2.24) is 15.0 Å². The first kappa shape index (κ1) is 16.9. The summed E-state index contributed by atoms with van der Waals surface area (Å²) in [4.78, 5) is 29.3. The molecule has 0 unspecified atom stereocenters. The number of hydrogen-bond acceptors (Lipinski definition) is 6. The molecule has 8 heteroatoms. The van der Waals surface area contributed by atoms with Crippen molar-refractivity contribution in [2.75, 3.05) is 18.4 Å². The van der Waals surface area contributed by atoms with Crippen molar-refractivity contribution in [1.29, 1.82) is 0 Å². The zero-order valence-corrected chi connectivity index (χ0v) is 14.0. The van der Waals surface area contributed by atoms with Crippen LogP contribution in [-0.2, 0) is 16.2 Å². The van der Waals surface area contributed by atoms with E-state index >= 15 is 0 Å². The van der Waals surface area contributed by atoms with Crippen LogP contribution in [0, 0.1) is 6.92 Å². The summed E-state index contributed by atoms with van der Waals surface area (Å²) in [5.74, 6) is 1.63. The van der Waals surface area contributed by atoms with Gasteiger partial charge in [0.05, 0.1) is 0 Å². The highest BCUT2D eigenvalue weighted by Gasteiger charge is 2.20. The van der Waals surface area contributed by atoms with Gasteiger partial charge in [-0.3, -0.25) is 9.59 Å². The summed E-state index contributed by atoms with van der Waals surface area (Å²) < 4.78 is 10.4. The Bertz CT molecular complexity index is 741. The van der Waals surface area contributed by atoms with Crippen LogP contribution in [0.25, 0.3) is 0 Å². The largest absolute Gasteiger partial charge is 0.485 e. The number of ether oxygens (including phenoxy) is 1. The third-order valence-electron chi connectivity index (χ3n) is 3.86. The topological polar surface area (TPSA) is 97.6 Å². The van der Waals surface area contributed by atoms with Gasteiger partial charge in [0, 0.05) is 38.5 Å². The lowest BCUT2D eigenvalue weighted by molar-refractivity contribution is -0.128. The predicted octanol–water partition coefficient (Wildman–Crippen LogP) is 1.91. The van der Waals surface area contributed by atoms with Gasteiger partial charge in [-0.25, -0.2) is 0 Å². The van der Waals surface area contributed by atoms with Gasteiger partial charge in [-0.1, -0.05) is 5.16 Å². The fourth-order valence-corrected chi connectivity index (χ4v) is 2.58. The van der Waals surface area contributed by atoms with Crippen molar-refractivity contribution in [3.8, 4) is 5.75 Å². The zero-order chi connectivity index (χ0) is 17.6. The molecular formula is C17H20N4O4. The molecule has 2 heterocycles. The maximum absolute atomic E-state index is 12.0. The lowest BCUT2D eigenvalue weighted by atomic mass is 10.3. The summed E-state index contributed by atoms with van der Waals surface area (Å²) in [6.07, 6.45) is 1.76. The van der Waals surface area contributed by atoms with Crippen molar-refractivity contribution < 1.29 is 18.8 Å². The minimum atomic E-state index is -0.115. The van der Waals surface area contributed by atoms with E-state index in [2.05, 4.69) is 15.5 Å². The van der Waals surface area contributed by atoms with Gasteiger partial charge in [-0.2, -0.15) is 4.98 Å². The lowest BCUT2D eigenvalue weighted by Gasteiger charge is -2.15. The molecule has 0 aliphatic carbocycles. The predicted molar refractivity (Wildman–Crippen MR) is 88.9 cm³/mol. The number of aromatic nitrogens is 2. The van der Waals surface area contributed by atoms with Crippen LogP contribution in [0.3, 0.4) is 0 Å². The molecule has 1 fully saturated rings. The van der Waals surface area contributed by atoms with Gasteiger partial charge in [-0.05, 0) is 30.7 Å². The molecule has 0 bridgehead atoms. The molecule has 132 valence electrons. The van der Waals surface area contributed by atoms with E-state index in [1.54, 1.807) is 36.1 Å². The van der Waals surface area contributed by atoms with Crippen molar-refractivity contribution in [3.63, 3.8) is 0 Å². The number of amides is 2. The fourth-order valence-electron chi connectivity index (χ4n) is 2.58. The minimum absolute atomic E-state index is 0.115. The standard InChI is InChI=1S/C17H20N4O4/c1-12-18-15(20-25-12)11-24-14-6-4-13(5-7-14)19-16(22)8-10-21-9-2-3-17(21)23/h4-7H,2-3,8-11H2,1H3,(H,19,22). The molecule has 1 saturated heterocycles. The smallest absolute Gasteiger partial charge is 0.226 e.